The van der Waals surface area contributed by atoms with Crippen LogP contribution in [0, 0.1) is 12.3 Å². The molecule has 0 radical (unpaired) electrons. The van der Waals surface area contributed by atoms with Crippen LogP contribution >= 0.6 is 11.3 Å². The van der Waals surface area contributed by atoms with Crippen molar-refractivity contribution < 1.29 is 4.79 Å². The Balaban J connectivity index is 2.07. The summed E-state index contributed by atoms with van der Waals surface area (Å²) in [4.78, 5) is 12.1. The van der Waals surface area contributed by atoms with Gasteiger partial charge < -0.3 is 0 Å². The number of Topliss-reactive ketones (excluding diaryl/α,β-unsaturated/α-hetero) is 1. The fraction of sp³-hybridized carbons (Fsp3) is 0.615. The lowest BCUT2D eigenvalue weighted by Crippen LogP contribution is -2.17. The van der Waals surface area contributed by atoms with Crippen molar-refractivity contribution in [1.29, 1.82) is 0 Å². The summed E-state index contributed by atoms with van der Waals surface area (Å²) in [6, 6.07) is 0. The molecule has 0 amide bonds. The molecule has 0 spiro atoms. The highest BCUT2D eigenvalue weighted by molar-refractivity contribution is 7.08. The van der Waals surface area contributed by atoms with Crippen molar-refractivity contribution >= 4 is 17.1 Å². The zero-order valence-electron chi connectivity index (χ0n) is 9.51. The van der Waals surface area contributed by atoms with E-state index in [2.05, 4.69) is 12.3 Å². The van der Waals surface area contributed by atoms with E-state index in [-0.39, 0.29) is 5.41 Å². The zero-order valence-corrected chi connectivity index (χ0v) is 10.3. The highest BCUT2D eigenvalue weighted by atomic mass is 32.1. The smallest absolute Gasteiger partial charge is 0.164 e. The summed E-state index contributed by atoms with van der Waals surface area (Å²) >= 11 is 1.63. The standard InChI is InChI=1S/C13H18OS/c1-10-8-15-9-11(10)12(14)7-13(2)5-3-4-6-13/h8-9H,3-7H2,1-2H3. The molecule has 1 aliphatic rings. The van der Waals surface area contributed by atoms with Crippen LogP contribution in [0.4, 0.5) is 0 Å². The summed E-state index contributed by atoms with van der Waals surface area (Å²) in [5.74, 6) is 0.346. The maximum atomic E-state index is 12.1. The predicted molar refractivity (Wildman–Crippen MR) is 64.6 cm³/mol. The third-order valence-electron chi connectivity index (χ3n) is 3.55. The van der Waals surface area contributed by atoms with Gasteiger partial charge in [-0.1, -0.05) is 19.8 Å². The second-order valence-corrected chi connectivity index (χ2v) is 5.83. The van der Waals surface area contributed by atoms with E-state index >= 15 is 0 Å². The van der Waals surface area contributed by atoms with Crippen LogP contribution < -0.4 is 0 Å². The Morgan fingerprint density at radius 3 is 2.60 bits per heavy atom. The van der Waals surface area contributed by atoms with Crippen LogP contribution in [0.5, 0.6) is 0 Å². The maximum absolute atomic E-state index is 12.1. The van der Waals surface area contributed by atoms with Crippen molar-refractivity contribution in [3.05, 3.63) is 21.9 Å². The highest BCUT2D eigenvalue weighted by Crippen LogP contribution is 2.41. The molecule has 1 heterocycles. The van der Waals surface area contributed by atoms with Crippen molar-refractivity contribution in [2.75, 3.05) is 0 Å². The minimum Gasteiger partial charge on any atom is -0.294 e. The second kappa shape index (κ2) is 4.09. The predicted octanol–water partition coefficient (Wildman–Crippen LogP) is 4.21. The molecule has 0 aromatic carbocycles. The average Bonchev–Trinajstić information content (AvgIpc) is 2.74. The van der Waals surface area contributed by atoms with E-state index in [0.717, 1.165) is 17.5 Å². The molecule has 0 bridgehead atoms. The van der Waals surface area contributed by atoms with Gasteiger partial charge in [-0.25, -0.2) is 0 Å². The first-order chi connectivity index (χ1) is 7.11. The summed E-state index contributed by atoms with van der Waals surface area (Å²) < 4.78 is 0. The Morgan fingerprint density at radius 2 is 2.07 bits per heavy atom. The van der Waals surface area contributed by atoms with Crippen LogP contribution in [-0.4, -0.2) is 5.78 Å². The number of hydrogen-bond acceptors (Lipinski definition) is 2. The SMILES string of the molecule is Cc1cscc1C(=O)CC1(C)CCCC1. The molecule has 1 saturated carbocycles. The molecule has 1 aliphatic carbocycles. The molecule has 1 aromatic heterocycles. The molecule has 1 aromatic rings. The molecule has 0 atom stereocenters. The second-order valence-electron chi connectivity index (χ2n) is 5.09. The van der Waals surface area contributed by atoms with Gasteiger partial charge in [0.05, 0.1) is 0 Å². The molecule has 0 N–H and O–H groups in total. The number of thiophene rings is 1. The minimum absolute atomic E-state index is 0.283. The molecule has 2 rings (SSSR count). The van der Waals surface area contributed by atoms with Gasteiger partial charge in [-0.2, -0.15) is 11.3 Å². The normalized spacial score (nSPS) is 19.3. The van der Waals surface area contributed by atoms with Gasteiger partial charge in [0.15, 0.2) is 5.78 Å². The first-order valence-corrected chi connectivity index (χ1v) is 6.61. The fourth-order valence-corrected chi connectivity index (χ4v) is 3.39. The third kappa shape index (κ3) is 2.31. The summed E-state index contributed by atoms with van der Waals surface area (Å²) in [7, 11) is 0. The number of hydrogen-bond donors (Lipinski definition) is 0. The molecule has 1 fully saturated rings. The number of rotatable bonds is 3. The van der Waals surface area contributed by atoms with Gasteiger partial charge >= 0.3 is 0 Å². The van der Waals surface area contributed by atoms with Gasteiger partial charge in [-0.15, -0.1) is 0 Å². The lowest BCUT2D eigenvalue weighted by molar-refractivity contribution is 0.0924. The molecule has 0 unspecified atom stereocenters. The molecule has 15 heavy (non-hydrogen) atoms. The first kappa shape index (κ1) is 10.9. The zero-order chi connectivity index (χ0) is 10.9. The molecule has 82 valence electrons. The van der Waals surface area contributed by atoms with Crippen molar-refractivity contribution in [2.45, 2.75) is 46.0 Å². The van der Waals surface area contributed by atoms with E-state index in [4.69, 9.17) is 0 Å². The van der Waals surface area contributed by atoms with E-state index in [0.29, 0.717) is 5.78 Å². The summed E-state index contributed by atoms with van der Waals surface area (Å²) in [6.07, 6.45) is 5.78. The number of ketones is 1. The minimum atomic E-state index is 0.283. The topological polar surface area (TPSA) is 17.1 Å². The van der Waals surface area contributed by atoms with Crippen LogP contribution in [0.1, 0.15) is 54.9 Å². The van der Waals surface area contributed by atoms with Crippen LogP contribution in [0.2, 0.25) is 0 Å². The quantitative estimate of drug-likeness (QED) is 0.700. The molecular weight excluding hydrogens is 204 g/mol. The lowest BCUT2D eigenvalue weighted by Gasteiger charge is -2.22. The number of carbonyl (C=O) groups is 1. The molecular formula is C13H18OS. The Labute approximate surface area is 95.5 Å². The van der Waals surface area contributed by atoms with Crippen LogP contribution in [0.3, 0.4) is 0 Å². The number of aryl methyl sites for hydroxylation is 1. The molecule has 0 aliphatic heterocycles. The Hall–Kier alpha value is -0.630. The van der Waals surface area contributed by atoms with Crippen molar-refractivity contribution in [3.63, 3.8) is 0 Å². The first-order valence-electron chi connectivity index (χ1n) is 5.67. The van der Waals surface area contributed by atoms with E-state index in [1.807, 2.05) is 12.3 Å². The Morgan fingerprint density at radius 1 is 1.40 bits per heavy atom. The van der Waals surface area contributed by atoms with Gasteiger partial charge in [0.25, 0.3) is 0 Å². The van der Waals surface area contributed by atoms with E-state index < -0.39 is 0 Å². The Bertz CT molecular complexity index is 358. The van der Waals surface area contributed by atoms with Crippen molar-refractivity contribution in [3.8, 4) is 0 Å². The van der Waals surface area contributed by atoms with Crippen LogP contribution in [-0.2, 0) is 0 Å². The molecule has 1 nitrogen and oxygen atoms in total. The summed E-state index contributed by atoms with van der Waals surface area (Å²) in [6.45, 7) is 4.29. The van der Waals surface area contributed by atoms with Crippen molar-refractivity contribution in [2.24, 2.45) is 5.41 Å². The molecule has 2 heteroatoms. The summed E-state index contributed by atoms with van der Waals surface area (Å²) in [5, 5.41) is 4.06. The van der Waals surface area contributed by atoms with Gasteiger partial charge in [0, 0.05) is 17.4 Å². The van der Waals surface area contributed by atoms with E-state index in [1.165, 1.54) is 25.7 Å². The van der Waals surface area contributed by atoms with Crippen LogP contribution in [0.25, 0.3) is 0 Å². The Kier molecular flexibility index (Phi) is 2.96. The lowest BCUT2D eigenvalue weighted by atomic mass is 9.82. The fourth-order valence-electron chi connectivity index (χ4n) is 2.53. The number of carbonyl (C=O) groups excluding carboxylic acids is 1. The third-order valence-corrected chi connectivity index (χ3v) is 4.42. The largest absolute Gasteiger partial charge is 0.294 e. The highest BCUT2D eigenvalue weighted by Gasteiger charge is 2.31. The van der Waals surface area contributed by atoms with Crippen molar-refractivity contribution in [1.82, 2.24) is 0 Å². The van der Waals surface area contributed by atoms with Gasteiger partial charge in [0.2, 0.25) is 0 Å². The van der Waals surface area contributed by atoms with E-state index in [9.17, 15) is 4.79 Å². The molecule has 0 saturated heterocycles. The van der Waals surface area contributed by atoms with Gasteiger partial charge in [0.1, 0.15) is 0 Å². The average molecular weight is 222 g/mol. The van der Waals surface area contributed by atoms with E-state index in [1.54, 1.807) is 11.3 Å². The monoisotopic (exact) mass is 222 g/mol. The maximum Gasteiger partial charge on any atom is 0.164 e. The van der Waals surface area contributed by atoms with Gasteiger partial charge in [-0.05, 0) is 36.1 Å². The van der Waals surface area contributed by atoms with Crippen LogP contribution in [0.15, 0.2) is 10.8 Å². The van der Waals surface area contributed by atoms with Gasteiger partial charge in [-0.3, -0.25) is 4.79 Å². The summed E-state index contributed by atoms with van der Waals surface area (Å²) in [5.41, 5.74) is 2.38.